The van der Waals surface area contributed by atoms with E-state index in [0.717, 1.165) is 19.4 Å². The van der Waals surface area contributed by atoms with Crippen LogP contribution in [0.5, 0.6) is 0 Å². The Morgan fingerprint density at radius 1 is 1.57 bits per heavy atom. The zero-order chi connectivity index (χ0) is 15.4. The number of allylic oxidation sites excluding steroid dienone is 1. The average Bonchev–Trinajstić information content (AvgIpc) is 3.12. The molecule has 0 saturated heterocycles. The van der Waals surface area contributed by atoms with Crippen LogP contribution in [-0.2, 0) is 4.79 Å². The van der Waals surface area contributed by atoms with E-state index in [1.807, 2.05) is 6.29 Å². The minimum absolute atomic E-state index is 0.213. The molecule has 21 heavy (non-hydrogen) atoms. The summed E-state index contributed by atoms with van der Waals surface area (Å²) in [6.07, 6.45) is 6.56. The number of hydrogen-bond acceptors (Lipinski definition) is 5. The summed E-state index contributed by atoms with van der Waals surface area (Å²) in [5, 5.41) is 1.69. The fourth-order valence-corrected chi connectivity index (χ4v) is 4.18. The lowest BCUT2D eigenvalue weighted by molar-refractivity contribution is 0.0969. The number of hydrazine groups is 1. The van der Waals surface area contributed by atoms with Crippen LogP contribution in [0.4, 0.5) is 4.79 Å². The molecular weight excluding hydrogens is 288 g/mol. The van der Waals surface area contributed by atoms with Crippen molar-refractivity contribution in [3.8, 4) is 0 Å². The molecule has 1 aliphatic carbocycles. The van der Waals surface area contributed by atoms with Crippen molar-refractivity contribution in [3.63, 3.8) is 0 Å². The second kappa shape index (κ2) is 7.29. The normalized spacial score (nSPS) is 23.0. The van der Waals surface area contributed by atoms with Crippen LogP contribution in [0.15, 0.2) is 11.1 Å². The molecule has 1 fully saturated rings. The molecule has 2 amide bonds. The molecule has 1 atom stereocenters. The van der Waals surface area contributed by atoms with E-state index in [4.69, 9.17) is 5.84 Å². The lowest BCUT2D eigenvalue weighted by Gasteiger charge is -2.39. The molecule has 0 aromatic carbocycles. The van der Waals surface area contributed by atoms with Crippen LogP contribution in [0, 0.1) is 5.92 Å². The maximum atomic E-state index is 12.0. The number of carbonyl (C=O) groups is 1. The van der Waals surface area contributed by atoms with E-state index in [1.165, 1.54) is 29.5 Å². The maximum Gasteiger partial charge on any atom is 0.338 e. The molecule has 3 N–H and O–H groups in total. The minimum Gasteiger partial charge on any atom is -0.283 e. The molecule has 1 unspecified atom stereocenters. The van der Waals surface area contributed by atoms with Crippen molar-refractivity contribution < 1.29 is 9.59 Å². The van der Waals surface area contributed by atoms with Crippen LogP contribution in [0.1, 0.15) is 39.5 Å². The number of urea groups is 1. The SMILES string of the molecule is CC(C)CN(C1CCCC1)C1SC=C([C]=O)N1C(=O)NN. The van der Waals surface area contributed by atoms with Crippen LogP contribution in [-0.4, -0.2) is 40.2 Å². The zero-order valence-corrected chi connectivity index (χ0v) is 13.4. The fourth-order valence-electron chi connectivity index (χ4n) is 3.02. The number of nitrogens with one attached hydrogen (secondary N) is 1. The summed E-state index contributed by atoms with van der Waals surface area (Å²) in [6.45, 7) is 5.21. The Bertz CT molecular complexity index is 421. The highest BCUT2D eigenvalue weighted by Gasteiger charge is 2.39. The van der Waals surface area contributed by atoms with E-state index >= 15 is 0 Å². The molecule has 7 heteroatoms. The number of carbonyl (C=O) groups excluding carboxylic acids is 2. The number of nitrogens with zero attached hydrogens (tertiary/aromatic N) is 2. The van der Waals surface area contributed by atoms with Gasteiger partial charge in [0.25, 0.3) is 6.29 Å². The van der Waals surface area contributed by atoms with Crippen LogP contribution >= 0.6 is 11.8 Å². The predicted octanol–water partition coefficient (Wildman–Crippen LogP) is 1.75. The van der Waals surface area contributed by atoms with Crippen LogP contribution in [0.2, 0.25) is 0 Å². The number of thioether (sulfide) groups is 1. The third-order valence-electron chi connectivity index (χ3n) is 3.88. The Hall–Kier alpha value is -1.05. The monoisotopic (exact) mass is 311 g/mol. The van der Waals surface area contributed by atoms with Gasteiger partial charge >= 0.3 is 6.03 Å². The lowest BCUT2D eigenvalue weighted by atomic mass is 10.1. The second-order valence-corrected chi connectivity index (χ2v) is 6.85. The summed E-state index contributed by atoms with van der Waals surface area (Å²) < 4.78 is 0. The second-order valence-electron chi connectivity index (χ2n) is 5.92. The Labute approximate surface area is 130 Å². The number of nitrogens with two attached hydrogens (primary N) is 1. The van der Waals surface area contributed by atoms with Gasteiger partial charge in [-0.05, 0) is 18.8 Å². The molecule has 1 aliphatic heterocycles. The van der Waals surface area contributed by atoms with E-state index in [2.05, 4.69) is 24.2 Å². The molecule has 0 bridgehead atoms. The first-order valence-corrected chi connectivity index (χ1v) is 8.32. The Morgan fingerprint density at radius 3 is 2.76 bits per heavy atom. The van der Waals surface area contributed by atoms with Gasteiger partial charge in [-0.3, -0.25) is 20.0 Å². The summed E-state index contributed by atoms with van der Waals surface area (Å²) >= 11 is 1.47. The average molecular weight is 311 g/mol. The summed E-state index contributed by atoms with van der Waals surface area (Å²) in [4.78, 5) is 26.8. The van der Waals surface area contributed by atoms with Crippen LogP contribution < -0.4 is 11.3 Å². The lowest BCUT2D eigenvalue weighted by Crippen LogP contribution is -2.54. The maximum absolute atomic E-state index is 12.0. The smallest absolute Gasteiger partial charge is 0.283 e. The number of rotatable bonds is 5. The summed E-state index contributed by atoms with van der Waals surface area (Å²) in [6, 6.07) is -0.0104. The third kappa shape index (κ3) is 3.59. The molecule has 1 radical (unpaired) electrons. The molecule has 117 valence electrons. The molecule has 1 heterocycles. The van der Waals surface area contributed by atoms with Crippen molar-refractivity contribution in [3.05, 3.63) is 11.1 Å². The largest absolute Gasteiger partial charge is 0.338 e. The molecule has 6 nitrogen and oxygen atoms in total. The van der Waals surface area contributed by atoms with Crippen molar-refractivity contribution in [1.29, 1.82) is 0 Å². The molecule has 0 spiro atoms. The Balaban J connectivity index is 2.21. The van der Waals surface area contributed by atoms with E-state index in [-0.39, 0.29) is 11.2 Å². The van der Waals surface area contributed by atoms with Gasteiger partial charge in [-0.15, -0.1) is 0 Å². The van der Waals surface area contributed by atoms with E-state index in [9.17, 15) is 9.59 Å². The summed E-state index contributed by atoms with van der Waals surface area (Å²) in [7, 11) is 0. The first kappa shape index (κ1) is 16.3. The molecule has 0 aromatic rings. The van der Waals surface area contributed by atoms with Crippen molar-refractivity contribution in [2.24, 2.45) is 11.8 Å². The van der Waals surface area contributed by atoms with Gasteiger partial charge in [-0.1, -0.05) is 38.5 Å². The zero-order valence-electron chi connectivity index (χ0n) is 12.5. The van der Waals surface area contributed by atoms with E-state index in [1.54, 1.807) is 5.41 Å². The fraction of sp³-hybridized carbons (Fsp3) is 0.714. The van der Waals surface area contributed by atoms with Crippen molar-refractivity contribution in [1.82, 2.24) is 15.2 Å². The number of amides is 2. The van der Waals surface area contributed by atoms with Gasteiger partial charge in [0.1, 0.15) is 11.2 Å². The molecule has 2 rings (SSSR count). The standard InChI is InChI=1S/C14H23N4O2S/c1-10(2)7-17(11-5-3-4-6-11)14-18(13(20)16-15)12(8-19)9-21-14/h9-11,14H,3-7,15H2,1-2H3,(H,16,20). The summed E-state index contributed by atoms with van der Waals surface area (Å²) in [5.74, 6) is 5.74. The Kier molecular flexibility index (Phi) is 5.66. The molecular formula is C14H23N4O2S. The van der Waals surface area contributed by atoms with Gasteiger partial charge in [-0.2, -0.15) is 0 Å². The predicted molar refractivity (Wildman–Crippen MR) is 83.5 cm³/mol. The van der Waals surface area contributed by atoms with Gasteiger partial charge < -0.3 is 0 Å². The topological polar surface area (TPSA) is 78.7 Å². The molecule has 2 aliphatic rings. The highest BCUT2D eigenvalue weighted by atomic mass is 32.2. The van der Waals surface area contributed by atoms with Crippen molar-refractivity contribution in [2.75, 3.05) is 6.54 Å². The van der Waals surface area contributed by atoms with Gasteiger partial charge in [0.05, 0.1) is 0 Å². The first-order valence-electron chi connectivity index (χ1n) is 7.37. The highest BCUT2D eigenvalue weighted by Crippen LogP contribution is 2.37. The minimum atomic E-state index is -0.466. The van der Waals surface area contributed by atoms with Crippen LogP contribution in [0.25, 0.3) is 0 Å². The highest BCUT2D eigenvalue weighted by molar-refractivity contribution is 8.02. The van der Waals surface area contributed by atoms with E-state index < -0.39 is 6.03 Å². The third-order valence-corrected chi connectivity index (χ3v) is 4.97. The number of hydrogen-bond donors (Lipinski definition) is 2. The van der Waals surface area contributed by atoms with E-state index in [0.29, 0.717) is 12.0 Å². The quantitative estimate of drug-likeness (QED) is 0.459. The van der Waals surface area contributed by atoms with Gasteiger partial charge in [0.15, 0.2) is 0 Å². The van der Waals surface area contributed by atoms with Gasteiger partial charge in [-0.25, -0.2) is 10.6 Å². The van der Waals surface area contributed by atoms with Crippen molar-refractivity contribution in [2.45, 2.75) is 51.1 Å². The van der Waals surface area contributed by atoms with Crippen molar-refractivity contribution >= 4 is 24.1 Å². The molecule has 1 saturated carbocycles. The first-order chi connectivity index (χ1) is 10.1. The summed E-state index contributed by atoms with van der Waals surface area (Å²) in [5.41, 5.74) is 2.16. The Morgan fingerprint density at radius 2 is 2.24 bits per heavy atom. The van der Waals surface area contributed by atoms with Crippen LogP contribution in [0.3, 0.4) is 0 Å². The van der Waals surface area contributed by atoms with Gasteiger partial charge in [0, 0.05) is 18.0 Å². The van der Waals surface area contributed by atoms with Gasteiger partial charge in [0.2, 0.25) is 0 Å². The molecule has 0 aromatic heterocycles.